The Morgan fingerprint density at radius 2 is 1.90 bits per heavy atom. The summed E-state index contributed by atoms with van der Waals surface area (Å²) in [5.74, 6) is -0.0313. The monoisotopic (exact) mass is 280 g/mol. The van der Waals surface area contributed by atoms with Gasteiger partial charge < -0.3 is 10.2 Å². The number of rotatable bonds is 5. The van der Waals surface area contributed by atoms with E-state index in [0.29, 0.717) is 29.3 Å². The first-order chi connectivity index (χ1) is 9.23. The zero-order valence-corrected chi connectivity index (χ0v) is 13.1. The lowest BCUT2D eigenvalue weighted by atomic mass is 10.0. The van der Waals surface area contributed by atoms with E-state index in [-0.39, 0.29) is 11.8 Å². The van der Waals surface area contributed by atoms with Crippen molar-refractivity contribution in [2.75, 3.05) is 14.1 Å². The third-order valence-electron chi connectivity index (χ3n) is 3.11. The highest BCUT2D eigenvalue weighted by atomic mass is 16.2. The number of likely N-dealkylation sites (N-methyl/N-ethyl adjacent to an activating group) is 1. The number of hydrogen-bond donors (Lipinski definition) is 2. The second-order valence-electron chi connectivity index (χ2n) is 5.70. The van der Waals surface area contributed by atoms with E-state index < -0.39 is 6.04 Å². The van der Waals surface area contributed by atoms with Crippen LogP contribution in [0.5, 0.6) is 0 Å². The fraction of sp³-hybridized carbons (Fsp3) is 0.643. The fourth-order valence-corrected chi connectivity index (χ4v) is 2.12. The van der Waals surface area contributed by atoms with E-state index in [1.54, 1.807) is 27.9 Å². The molecule has 1 rings (SSSR count). The summed E-state index contributed by atoms with van der Waals surface area (Å²) < 4.78 is 0. The third kappa shape index (κ3) is 3.82. The number of carbonyl (C=O) groups is 2. The van der Waals surface area contributed by atoms with Gasteiger partial charge >= 0.3 is 0 Å². The molecule has 2 amide bonds. The first kappa shape index (κ1) is 16.2. The Hall–Kier alpha value is -1.85. The van der Waals surface area contributed by atoms with Crippen LogP contribution in [0.15, 0.2) is 0 Å². The molecule has 0 aromatic carbocycles. The van der Waals surface area contributed by atoms with E-state index in [0.717, 1.165) is 0 Å². The van der Waals surface area contributed by atoms with Crippen molar-refractivity contribution < 1.29 is 9.59 Å². The Morgan fingerprint density at radius 3 is 2.30 bits per heavy atom. The van der Waals surface area contributed by atoms with Crippen LogP contribution in [0.1, 0.15) is 42.0 Å². The van der Waals surface area contributed by atoms with Crippen molar-refractivity contribution in [3.63, 3.8) is 0 Å². The lowest BCUT2D eigenvalue weighted by Crippen LogP contribution is -2.47. The van der Waals surface area contributed by atoms with Crippen molar-refractivity contribution in [2.45, 2.75) is 40.2 Å². The van der Waals surface area contributed by atoms with Crippen LogP contribution in [-0.4, -0.2) is 47.0 Å². The number of aromatic amines is 1. The number of carbonyl (C=O) groups excluding carboxylic acids is 2. The van der Waals surface area contributed by atoms with Gasteiger partial charge in [0, 0.05) is 19.8 Å². The number of aromatic nitrogens is 2. The maximum absolute atomic E-state index is 12.3. The lowest BCUT2D eigenvalue weighted by Gasteiger charge is -2.23. The van der Waals surface area contributed by atoms with Crippen LogP contribution in [0.3, 0.4) is 0 Å². The molecule has 1 unspecified atom stereocenters. The van der Waals surface area contributed by atoms with Gasteiger partial charge in [0.2, 0.25) is 5.91 Å². The molecule has 0 aliphatic heterocycles. The molecule has 0 aliphatic rings. The normalized spacial score (nSPS) is 12.3. The molecule has 1 heterocycles. The van der Waals surface area contributed by atoms with E-state index in [1.807, 2.05) is 13.8 Å². The summed E-state index contributed by atoms with van der Waals surface area (Å²) in [6.07, 6.45) is 0.610. The van der Waals surface area contributed by atoms with Crippen molar-refractivity contribution in [3.05, 3.63) is 17.0 Å². The molecule has 1 aromatic heterocycles. The molecule has 6 nitrogen and oxygen atoms in total. The predicted molar refractivity (Wildman–Crippen MR) is 77.5 cm³/mol. The smallest absolute Gasteiger partial charge is 0.255 e. The van der Waals surface area contributed by atoms with Gasteiger partial charge in [0.15, 0.2) is 0 Å². The highest BCUT2D eigenvalue weighted by molar-refractivity contribution is 5.99. The van der Waals surface area contributed by atoms with E-state index in [4.69, 9.17) is 0 Å². The van der Waals surface area contributed by atoms with Crippen molar-refractivity contribution in [1.82, 2.24) is 20.4 Å². The highest BCUT2D eigenvalue weighted by Gasteiger charge is 2.25. The molecule has 0 saturated heterocycles. The molecule has 6 heteroatoms. The number of H-pyrrole nitrogens is 1. The van der Waals surface area contributed by atoms with Gasteiger partial charge in [-0.25, -0.2) is 0 Å². The molecule has 20 heavy (non-hydrogen) atoms. The zero-order valence-electron chi connectivity index (χ0n) is 13.1. The second-order valence-corrected chi connectivity index (χ2v) is 5.70. The van der Waals surface area contributed by atoms with Crippen LogP contribution in [0.2, 0.25) is 0 Å². The van der Waals surface area contributed by atoms with Gasteiger partial charge in [0.1, 0.15) is 6.04 Å². The average molecular weight is 280 g/mol. The minimum absolute atomic E-state index is 0.0918. The van der Waals surface area contributed by atoms with E-state index in [2.05, 4.69) is 15.5 Å². The van der Waals surface area contributed by atoms with Crippen LogP contribution in [-0.2, 0) is 4.79 Å². The van der Waals surface area contributed by atoms with Gasteiger partial charge in [-0.3, -0.25) is 14.7 Å². The summed E-state index contributed by atoms with van der Waals surface area (Å²) in [4.78, 5) is 26.0. The van der Waals surface area contributed by atoms with Gasteiger partial charge in [-0.1, -0.05) is 13.8 Å². The molecular weight excluding hydrogens is 256 g/mol. The Morgan fingerprint density at radius 1 is 1.30 bits per heavy atom. The summed E-state index contributed by atoms with van der Waals surface area (Å²) in [6, 6.07) is -0.508. The maximum atomic E-state index is 12.3. The number of nitrogens with zero attached hydrogens (tertiary/aromatic N) is 2. The molecule has 2 N–H and O–H groups in total. The zero-order chi connectivity index (χ0) is 15.4. The Bertz CT molecular complexity index is 472. The van der Waals surface area contributed by atoms with Crippen molar-refractivity contribution in [1.29, 1.82) is 0 Å². The Balaban J connectivity index is 2.90. The average Bonchev–Trinajstić information content (AvgIpc) is 2.66. The Labute approximate surface area is 119 Å². The molecular formula is C14H24N4O2. The number of hydrogen-bond acceptors (Lipinski definition) is 3. The van der Waals surface area contributed by atoms with Gasteiger partial charge in [0.25, 0.3) is 5.91 Å². The highest BCUT2D eigenvalue weighted by Crippen LogP contribution is 2.12. The SMILES string of the molecule is Cc1n[nH]c(C)c1C(=O)NC(CC(C)C)C(=O)N(C)C. The van der Waals surface area contributed by atoms with Gasteiger partial charge in [-0.15, -0.1) is 0 Å². The molecule has 0 spiro atoms. The van der Waals surface area contributed by atoms with Crippen molar-refractivity contribution in [3.8, 4) is 0 Å². The summed E-state index contributed by atoms with van der Waals surface area (Å²) in [5.41, 5.74) is 1.87. The van der Waals surface area contributed by atoms with Crippen molar-refractivity contribution in [2.24, 2.45) is 5.92 Å². The fourth-order valence-electron chi connectivity index (χ4n) is 2.12. The van der Waals surface area contributed by atoms with E-state index >= 15 is 0 Å². The van der Waals surface area contributed by atoms with Crippen LogP contribution >= 0.6 is 0 Å². The molecule has 1 aromatic rings. The molecule has 0 fully saturated rings. The number of aryl methyl sites for hydroxylation is 2. The molecule has 0 radical (unpaired) electrons. The largest absolute Gasteiger partial charge is 0.347 e. The maximum Gasteiger partial charge on any atom is 0.255 e. The van der Waals surface area contributed by atoms with Crippen LogP contribution in [0, 0.1) is 19.8 Å². The Kier molecular flexibility index (Phi) is 5.30. The summed E-state index contributed by atoms with van der Waals surface area (Å²) in [5, 5.41) is 9.61. The van der Waals surface area contributed by atoms with Gasteiger partial charge in [0.05, 0.1) is 11.3 Å². The van der Waals surface area contributed by atoms with Crippen LogP contribution in [0.25, 0.3) is 0 Å². The van der Waals surface area contributed by atoms with E-state index in [1.165, 1.54) is 4.90 Å². The molecule has 0 saturated carbocycles. The summed E-state index contributed by atoms with van der Waals surface area (Å²) in [7, 11) is 3.38. The second kappa shape index (κ2) is 6.54. The molecule has 0 aliphatic carbocycles. The number of nitrogens with one attached hydrogen (secondary N) is 2. The first-order valence-corrected chi connectivity index (χ1v) is 6.77. The third-order valence-corrected chi connectivity index (χ3v) is 3.11. The quantitative estimate of drug-likeness (QED) is 0.852. The van der Waals surface area contributed by atoms with E-state index in [9.17, 15) is 9.59 Å². The minimum Gasteiger partial charge on any atom is -0.347 e. The standard InChI is InChI=1S/C14H24N4O2/c1-8(2)7-11(14(20)18(5)6)15-13(19)12-9(3)16-17-10(12)4/h8,11H,7H2,1-6H3,(H,15,19)(H,16,17). The predicted octanol–water partition coefficient (Wildman–Crippen LogP) is 1.26. The summed E-state index contributed by atoms with van der Waals surface area (Å²) in [6.45, 7) is 7.61. The van der Waals surface area contributed by atoms with Gasteiger partial charge in [-0.05, 0) is 26.2 Å². The van der Waals surface area contributed by atoms with Crippen LogP contribution in [0.4, 0.5) is 0 Å². The molecule has 0 bridgehead atoms. The molecule has 112 valence electrons. The first-order valence-electron chi connectivity index (χ1n) is 6.77. The molecule has 1 atom stereocenters. The minimum atomic E-state index is -0.508. The van der Waals surface area contributed by atoms with Crippen molar-refractivity contribution >= 4 is 11.8 Å². The lowest BCUT2D eigenvalue weighted by molar-refractivity contribution is -0.131. The topological polar surface area (TPSA) is 78.1 Å². The van der Waals surface area contributed by atoms with Gasteiger partial charge in [-0.2, -0.15) is 5.10 Å². The summed E-state index contributed by atoms with van der Waals surface area (Å²) >= 11 is 0. The van der Waals surface area contributed by atoms with Crippen LogP contribution < -0.4 is 5.32 Å². The number of amides is 2.